The lowest BCUT2D eigenvalue weighted by Crippen LogP contribution is -2.24. The molecule has 94 valence electrons. The van der Waals surface area contributed by atoms with E-state index in [1.807, 2.05) is 0 Å². The van der Waals surface area contributed by atoms with Crippen molar-refractivity contribution >= 4 is 17.4 Å². The molecule has 1 saturated heterocycles. The van der Waals surface area contributed by atoms with Gasteiger partial charge in [-0.3, -0.25) is 9.48 Å². The summed E-state index contributed by atoms with van der Waals surface area (Å²) in [5.41, 5.74) is 0.426. The summed E-state index contributed by atoms with van der Waals surface area (Å²) in [5, 5.41) is 4.45. The number of aromatic nitrogens is 2. The van der Waals surface area contributed by atoms with Crippen molar-refractivity contribution in [3.05, 3.63) is 16.9 Å². The van der Waals surface area contributed by atoms with Crippen molar-refractivity contribution in [2.45, 2.75) is 25.5 Å². The first-order chi connectivity index (χ1) is 8.24. The second-order valence-corrected chi connectivity index (χ2v) is 4.33. The summed E-state index contributed by atoms with van der Waals surface area (Å²) < 4.78 is 11.9. The van der Waals surface area contributed by atoms with Gasteiger partial charge in [-0.15, -0.1) is 0 Å². The molecule has 2 rings (SSSR count). The van der Waals surface area contributed by atoms with Crippen molar-refractivity contribution in [3.63, 3.8) is 0 Å². The maximum Gasteiger partial charge on any atom is 0.211 e. The molecule has 2 heterocycles. The average molecular weight is 259 g/mol. The topological polar surface area (TPSA) is 53.4 Å². The molecule has 1 aromatic rings. The van der Waals surface area contributed by atoms with E-state index in [0.29, 0.717) is 30.5 Å². The molecular weight excluding hydrogens is 244 g/mol. The number of Topliss-reactive ketones (excluding diaryl/α,β-unsaturated/α-hetero) is 1. The smallest absolute Gasteiger partial charge is 0.211 e. The Morgan fingerprint density at radius 3 is 3.24 bits per heavy atom. The molecule has 1 fully saturated rings. The maximum absolute atomic E-state index is 12.2. The van der Waals surface area contributed by atoms with E-state index >= 15 is 0 Å². The Morgan fingerprint density at radius 2 is 2.59 bits per heavy atom. The van der Waals surface area contributed by atoms with Crippen LogP contribution >= 0.6 is 11.6 Å². The SMILES string of the molecule is COCCn1ncc(Cl)c1C(=O)C1CCCO1. The van der Waals surface area contributed by atoms with Crippen LogP contribution in [0, 0.1) is 0 Å². The van der Waals surface area contributed by atoms with Gasteiger partial charge in [0, 0.05) is 13.7 Å². The summed E-state index contributed by atoms with van der Waals surface area (Å²) in [7, 11) is 1.60. The summed E-state index contributed by atoms with van der Waals surface area (Å²) in [6, 6.07) is 0. The van der Waals surface area contributed by atoms with Gasteiger partial charge in [0.25, 0.3) is 0 Å². The molecule has 0 saturated carbocycles. The van der Waals surface area contributed by atoms with E-state index in [9.17, 15) is 4.79 Å². The number of hydrogen-bond donors (Lipinski definition) is 0. The summed E-state index contributed by atoms with van der Waals surface area (Å²) in [5.74, 6) is -0.0823. The zero-order valence-electron chi connectivity index (χ0n) is 9.69. The second kappa shape index (κ2) is 5.62. The van der Waals surface area contributed by atoms with Gasteiger partial charge in [0.05, 0.1) is 24.4 Å². The number of methoxy groups -OCH3 is 1. The Hall–Kier alpha value is -0.910. The van der Waals surface area contributed by atoms with Gasteiger partial charge in [-0.2, -0.15) is 5.10 Å². The highest BCUT2D eigenvalue weighted by Crippen LogP contribution is 2.22. The molecule has 0 bridgehead atoms. The molecule has 0 N–H and O–H groups in total. The summed E-state index contributed by atoms with van der Waals surface area (Å²) in [6.07, 6.45) is 2.79. The van der Waals surface area contributed by atoms with E-state index in [1.165, 1.54) is 6.20 Å². The van der Waals surface area contributed by atoms with Gasteiger partial charge in [-0.05, 0) is 12.8 Å². The summed E-state index contributed by atoms with van der Waals surface area (Å²) in [6.45, 7) is 1.64. The van der Waals surface area contributed by atoms with Crippen LogP contribution in [-0.4, -0.2) is 42.0 Å². The Morgan fingerprint density at radius 1 is 1.76 bits per heavy atom. The van der Waals surface area contributed by atoms with Crippen LogP contribution in [0.5, 0.6) is 0 Å². The van der Waals surface area contributed by atoms with Gasteiger partial charge >= 0.3 is 0 Å². The van der Waals surface area contributed by atoms with Gasteiger partial charge in [-0.1, -0.05) is 11.6 Å². The van der Waals surface area contributed by atoms with Gasteiger partial charge < -0.3 is 9.47 Å². The molecule has 1 unspecified atom stereocenters. The third-order valence-electron chi connectivity index (χ3n) is 2.76. The summed E-state index contributed by atoms with van der Waals surface area (Å²) in [4.78, 5) is 12.2. The first-order valence-electron chi connectivity index (χ1n) is 5.60. The fourth-order valence-corrected chi connectivity index (χ4v) is 2.13. The molecule has 0 amide bonds. The molecular formula is C11H15ClN2O3. The highest BCUT2D eigenvalue weighted by atomic mass is 35.5. The standard InChI is InChI=1S/C11H15ClN2O3/c1-16-6-4-14-10(8(12)7-13-14)11(15)9-3-2-5-17-9/h7,9H,2-6H2,1H3. The van der Waals surface area contributed by atoms with Crippen LogP contribution in [0.4, 0.5) is 0 Å². The third-order valence-corrected chi connectivity index (χ3v) is 3.03. The Labute approximate surface area is 105 Å². The zero-order valence-corrected chi connectivity index (χ0v) is 10.4. The number of carbonyl (C=O) groups excluding carboxylic acids is 1. The predicted octanol–water partition coefficient (Wildman–Crippen LogP) is 1.54. The molecule has 0 aliphatic carbocycles. The van der Waals surface area contributed by atoms with Crippen LogP contribution in [0.25, 0.3) is 0 Å². The van der Waals surface area contributed by atoms with Crippen molar-refractivity contribution in [1.82, 2.24) is 9.78 Å². The van der Waals surface area contributed by atoms with E-state index in [4.69, 9.17) is 21.1 Å². The molecule has 6 heteroatoms. The fraction of sp³-hybridized carbons (Fsp3) is 0.636. The van der Waals surface area contributed by atoms with Crippen molar-refractivity contribution < 1.29 is 14.3 Å². The molecule has 1 aliphatic rings. The number of ether oxygens (including phenoxy) is 2. The molecule has 1 aromatic heterocycles. The van der Waals surface area contributed by atoms with Crippen LogP contribution in [-0.2, 0) is 16.0 Å². The first-order valence-corrected chi connectivity index (χ1v) is 5.98. The van der Waals surface area contributed by atoms with E-state index in [0.717, 1.165) is 12.8 Å². The highest BCUT2D eigenvalue weighted by molar-refractivity contribution is 6.33. The van der Waals surface area contributed by atoms with E-state index in [-0.39, 0.29) is 11.9 Å². The molecule has 1 aliphatic heterocycles. The second-order valence-electron chi connectivity index (χ2n) is 3.92. The predicted molar refractivity (Wildman–Crippen MR) is 62.4 cm³/mol. The number of carbonyl (C=O) groups is 1. The Bertz CT molecular complexity index is 399. The molecule has 1 atom stereocenters. The van der Waals surface area contributed by atoms with Gasteiger partial charge in [0.1, 0.15) is 11.8 Å². The lowest BCUT2D eigenvalue weighted by Gasteiger charge is -2.10. The molecule has 5 nitrogen and oxygen atoms in total. The van der Waals surface area contributed by atoms with E-state index in [1.54, 1.807) is 11.8 Å². The first kappa shape index (κ1) is 12.5. The van der Waals surface area contributed by atoms with Crippen LogP contribution in [0.1, 0.15) is 23.3 Å². The number of ketones is 1. The van der Waals surface area contributed by atoms with Crippen LogP contribution < -0.4 is 0 Å². The average Bonchev–Trinajstić information content (AvgIpc) is 2.95. The van der Waals surface area contributed by atoms with Crippen molar-refractivity contribution in [2.24, 2.45) is 0 Å². The van der Waals surface area contributed by atoms with Crippen LogP contribution in [0.3, 0.4) is 0 Å². The maximum atomic E-state index is 12.2. The lowest BCUT2D eigenvalue weighted by atomic mass is 10.1. The number of hydrogen-bond acceptors (Lipinski definition) is 4. The van der Waals surface area contributed by atoms with Gasteiger partial charge in [0.15, 0.2) is 0 Å². The normalized spacial score (nSPS) is 19.8. The van der Waals surface area contributed by atoms with E-state index < -0.39 is 0 Å². The van der Waals surface area contributed by atoms with Crippen molar-refractivity contribution in [3.8, 4) is 0 Å². The van der Waals surface area contributed by atoms with Crippen LogP contribution in [0.2, 0.25) is 5.02 Å². The molecule has 0 aromatic carbocycles. The minimum Gasteiger partial charge on any atom is -0.383 e. The number of nitrogens with zero attached hydrogens (tertiary/aromatic N) is 2. The van der Waals surface area contributed by atoms with Crippen LogP contribution in [0.15, 0.2) is 6.20 Å². The fourth-order valence-electron chi connectivity index (χ4n) is 1.89. The van der Waals surface area contributed by atoms with Gasteiger partial charge in [-0.25, -0.2) is 0 Å². The minimum atomic E-state index is -0.370. The number of halogens is 1. The Balaban J connectivity index is 2.17. The highest BCUT2D eigenvalue weighted by Gasteiger charge is 2.29. The molecule has 0 spiro atoms. The minimum absolute atomic E-state index is 0.0823. The lowest BCUT2D eigenvalue weighted by molar-refractivity contribution is 0.0629. The molecule has 0 radical (unpaired) electrons. The van der Waals surface area contributed by atoms with E-state index in [2.05, 4.69) is 5.10 Å². The summed E-state index contributed by atoms with van der Waals surface area (Å²) >= 11 is 6.00. The zero-order chi connectivity index (χ0) is 12.3. The van der Waals surface area contributed by atoms with Gasteiger partial charge in [0.2, 0.25) is 5.78 Å². The van der Waals surface area contributed by atoms with Crippen molar-refractivity contribution in [1.29, 1.82) is 0 Å². The largest absolute Gasteiger partial charge is 0.383 e. The monoisotopic (exact) mass is 258 g/mol. The Kier molecular flexibility index (Phi) is 4.15. The quantitative estimate of drug-likeness (QED) is 0.752. The molecule has 17 heavy (non-hydrogen) atoms. The number of rotatable bonds is 5. The van der Waals surface area contributed by atoms with Crippen molar-refractivity contribution in [2.75, 3.05) is 20.3 Å². The third kappa shape index (κ3) is 2.68.